The van der Waals surface area contributed by atoms with Gasteiger partial charge in [-0.05, 0) is 60.3 Å². The molecule has 2 aromatic carbocycles. The highest BCUT2D eigenvalue weighted by Gasteiger charge is 2.17. The second-order valence-electron chi connectivity index (χ2n) is 6.91. The molecule has 1 fully saturated rings. The minimum absolute atomic E-state index is 0.163. The van der Waals surface area contributed by atoms with Crippen molar-refractivity contribution in [3.8, 4) is 16.9 Å². The first kappa shape index (κ1) is 19.8. The van der Waals surface area contributed by atoms with Crippen molar-refractivity contribution in [1.82, 2.24) is 0 Å². The van der Waals surface area contributed by atoms with E-state index in [1.807, 2.05) is 24.3 Å². The number of ether oxygens (including phenoxy) is 3. The Morgan fingerprint density at radius 3 is 2.72 bits per heavy atom. The van der Waals surface area contributed by atoms with E-state index in [2.05, 4.69) is 0 Å². The number of carbonyl (C=O) groups excluding carboxylic acids is 1. The van der Waals surface area contributed by atoms with Crippen LogP contribution in [0.1, 0.15) is 23.2 Å². The summed E-state index contributed by atoms with van der Waals surface area (Å²) in [6.45, 7) is 2.46. The summed E-state index contributed by atoms with van der Waals surface area (Å²) < 4.78 is 22.5. The Morgan fingerprint density at radius 2 is 2.00 bits per heavy atom. The van der Waals surface area contributed by atoms with Crippen LogP contribution in [-0.2, 0) is 9.47 Å². The summed E-state index contributed by atoms with van der Waals surface area (Å²) in [6, 6.07) is 12.5. The Bertz CT molecular complexity index is 992. The molecule has 1 aromatic heterocycles. The van der Waals surface area contributed by atoms with Crippen molar-refractivity contribution in [2.24, 2.45) is 5.73 Å². The lowest BCUT2D eigenvalue weighted by molar-refractivity contribution is -0.0559. The molecular formula is C22H22ClNO5. The highest BCUT2D eigenvalue weighted by Crippen LogP contribution is 2.38. The van der Waals surface area contributed by atoms with E-state index in [9.17, 15) is 4.79 Å². The number of nitrogens with two attached hydrogens (primary N) is 1. The van der Waals surface area contributed by atoms with E-state index in [0.29, 0.717) is 31.0 Å². The second kappa shape index (κ2) is 8.86. The van der Waals surface area contributed by atoms with Crippen molar-refractivity contribution in [3.05, 3.63) is 53.2 Å². The predicted molar refractivity (Wildman–Crippen MR) is 110 cm³/mol. The van der Waals surface area contributed by atoms with Crippen LogP contribution in [0.3, 0.4) is 0 Å². The Labute approximate surface area is 173 Å². The number of hydrogen-bond donors (Lipinski definition) is 1. The molecule has 0 saturated carbocycles. The van der Waals surface area contributed by atoms with Gasteiger partial charge in [-0.15, -0.1) is 0 Å². The molecule has 3 aromatic rings. The molecule has 0 spiro atoms. The standard InChI is InChI=1S/C22H22ClNO5/c23-21-20(18-12-15(22(24)25)5-8-19(18)29-21)14-3-6-16(7-4-14)27-10-11-28-17-2-1-9-26-13-17/h3-8,12,17H,1-2,9-11,13H2,(H2,24,25). The average Bonchev–Trinajstić information content (AvgIpc) is 3.07. The van der Waals surface area contributed by atoms with Crippen molar-refractivity contribution in [2.45, 2.75) is 18.9 Å². The van der Waals surface area contributed by atoms with Crippen molar-refractivity contribution < 1.29 is 23.4 Å². The zero-order valence-corrected chi connectivity index (χ0v) is 16.6. The number of fused-ring (bicyclic) bond motifs is 1. The molecule has 1 amide bonds. The molecule has 0 radical (unpaired) electrons. The number of carbonyl (C=O) groups is 1. The van der Waals surface area contributed by atoms with E-state index >= 15 is 0 Å². The Morgan fingerprint density at radius 1 is 1.17 bits per heavy atom. The number of primary amides is 1. The quantitative estimate of drug-likeness (QED) is 0.577. The van der Waals surface area contributed by atoms with Gasteiger partial charge in [-0.3, -0.25) is 4.79 Å². The molecule has 1 aliphatic heterocycles. The number of furan rings is 1. The van der Waals surface area contributed by atoms with Crippen LogP contribution in [0.25, 0.3) is 22.1 Å². The fourth-order valence-corrected chi connectivity index (χ4v) is 3.72. The van der Waals surface area contributed by atoms with Gasteiger partial charge < -0.3 is 24.4 Å². The fraction of sp³-hybridized carbons (Fsp3) is 0.318. The van der Waals surface area contributed by atoms with E-state index in [1.54, 1.807) is 18.2 Å². The maximum Gasteiger partial charge on any atom is 0.248 e. The summed E-state index contributed by atoms with van der Waals surface area (Å²) in [7, 11) is 0. The second-order valence-corrected chi connectivity index (χ2v) is 7.25. The Balaban J connectivity index is 1.43. The van der Waals surface area contributed by atoms with Crippen LogP contribution in [0, 0.1) is 0 Å². The van der Waals surface area contributed by atoms with Crippen LogP contribution in [0.5, 0.6) is 5.75 Å². The van der Waals surface area contributed by atoms with Gasteiger partial charge in [0.1, 0.15) is 17.9 Å². The van der Waals surface area contributed by atoms with Gasteiger partial charge in [0.15, 0.2) is 0 Å². The molecule has 1 unspecified atom stereocenters. The third kappa shape index (κ3) is 4.56. The van der Waals surface area contributed by atoms with Gasteiger partial charge in [-0.1, -0.05) is 12.1 Å². The molecule has 6 nitrogen and oxygen atoms in total. The molecule has 1 aliphatic rings. The molecule has 2 N–H and O–H groups in total. The van der Waals surface area contributed by atoms with Crippen molar-refractivity contribution in [2.75, 3.05) is 26.4 Å². The van der Waals surface area contributed by atoms with Gasteiger partial charge >= 0.3 is 0 Å². The first-order valence-electron chi connectivity index (χ1n) is 9.56. The van der Waals surface area contributed by atoms with E-state index in [1.165, 1.54) is 0 Å². The normalized spacial score (nSPS) is 16.8. The molecule has 0 aliphatic carbocycles. The zero-order valence-electron chi connectivity index (χ0n) is 15.9. The molecule has 7 heteroatoms. The van der Waals surface area contributed by atoms with Crippen LogP contribution >= 0.6 is 11.6 Å². The minimum atomic E-state index is -0.499. The highest BCUT2D eigenvalue weighted by molar-refractivity contribution is 6.33. The van der Waals surface area contributed by atoms with Gasteiger partial charge in [-0.25, -0.2) is 0 Å². The van der Waals surface area contributed by atoms with Crippen LogP contribution < -0.4 is 10.5 Å². The van der Waals surface area contributed by atoms with Gasteiger partial charge in [-0.2, -0.15) is 0 Å². The predicted octanol–water partition coefficient (Wildman–Crippen LogP) is 4.43. The number of rotatable bonds is 7. The molecule has 2 heterocycles. The topological polar surface area (TPSA) is 83.9 Å². The summed E-state index contributed by atoms with van der Waals surface area (Å²) in [6.07, 6.45) is 2.24. The zero-order chi connectivity index (χ0) is 20.2. The lowest BCUT2D eigenvalue weighted by Gasteiger charge is -2.22. The fourth-order valence-electron chi connectivity index (χ4n) is 3.42. The summed E-state index contributed by atoms with van der Waals surface area (Å²) in [4.78, 5) is 11.5. The van der Waals surface area contributed by atoms with Gasteiger partial charge in [0.25, 0.3) is 0 Å². The van der Waals surface area contributed by atoms with Crippen LogP contribution in [0.2, 0.25) is 5.22 Å². The maximum absolute atomic E-state index is 11.5. The monoisotopic (exact) mass is 415 g/mol. The molecular weight excluding hydrogens is 394 g/mol. The number of benzene rings is 2. The molecule has 1 saturated heterocycles. The van der Waals surface area contributed by atoms with Crippen molar-refractivity contribution in [1.29, 1.82) is 0 Å². The van der Waals surface area contributed by atoms with Crippen molar-refractivity contribution in [3.63, 3.8) is 0 Å². The van der Waals surface area contributed by atoms with Gasteiger partial charge in [0, 0.05) is 23.1 Å². The minimum Gasteiger partial charge on any atom is -0.491 e. The van der Waals surface area contributed by atoms with Crippen LogP contribution in [-0.4, -0.2) is 38.4 Å². The first-order chi connectivity index (χ1) is 14.1. The SMILES string of the molecule is NC(=O)c1ccc2oc(Cl)c(-c3ccc(OCCOC4CCCOC4)cc3)c2c1. The number of halogens is 1. The molecule has 1 atom stereocenters. The van der Waals surface area contributed by atoms with Crippen molar-refractivity contribution >= 4 is 28.5 Å². The summed E-state index contributed by atoms with van der Waals surface area (Å²) in [5.41, 5.74) is 7.97. The molecule has 0 bridgehead atoms. The first-order valence-corrected chi connectivity index (χ1v) is 9.94. The number of amides is 1. The van der Waals surface area contributed by atoms with Gasteiger partial charge in [0.05, 0.1) is 19.3 Å². The lowest BCUT2D eigenvalue weighted by Crippen LogP contribution is -2.27. The van der Waals surface area contributed by atoms with E-state index in [0.717, 1.165) is 41.7 Å². The summed E-state index contributed by atoms with van der Waals surface area (Å²) >= 11 is 6.31. The Kier molecular flexibility index (Phi) is 6.04. The third-order valence-electron chi connectivity index (χ3n) is 4.90. The smallest absolute Gasteiger partial charge is 0.248 e. The van der Waals surface area contributed by atoms with Crippen LogP contribution in [0.4, 0.5) is 0 Å². The molecule has 152 valence electrons. The molecule has 4 rings (SSSR count). The summed E-state index contributed by atoms with van der Waals surface area (Å²) in [5.74, 6) is 0.236. The Hall–Kier alpha value is -2.54. The molecule has 29 heavy (non-hydrogen) atoms. The number of hydrogen-bond acceptors (Lipinski definition) is 5. The maximum atomic E-state index is 11.5. The van der Waals surface area contributed by atoms with E-state index in [-0.39, 0.29) is 11.3 Å². The van der Waals surface area contributed by atoms with Gasteiger partial charge in [0.2, 0.25) is 11.1 Å². The van der Waals surface area contributed by atoms with Crippen LogP contribution in [0.15, 0.2) is 46.9 Å². The lowest BCUT2D eigenvalue weighted by atomic mass is 10.0. The third-order valence-corrected chi connectivity index (χ3v) is 5.16. The summed E-state index contributed by atoms with van der Waals surface area (Å²) in [5, 5.41) is 1.00. The van der Waals surface area contributed by atoms with E-state index in [4.69, 9.17) is 36.0 Å². The van der Waals surface area contributed by atoms with E-state index < -0.39 is 5.91 Å². The average molecular weight is 416 g/mol. The largest absolute Gasteiger partial charge is 0.491 e. The highest BCUT2D eigenvalue weighted by atomic mass is 35.5.